The fourth-order valence-corrected chi connectivity index (χ4v) is 2.06. The molecule has 2 aromatic heterocycles. The predicted octanol–water partition coefficient (Wildman–Crippen LogP) is 3.75. The van der Waals surface area contributed by atoms with Gasteiger partial charge in [0.25, 0.3) is 0 Å². The van der Waals surface area contributed by atoms with Crippen molar-refractivity contribution in [2.75, 3.05) is 0 Å². The number of hydrogen-bond acceptors (Lipinski definition) is 2. The number of imidazole rings is 1. The lowest BCUT2D eigenvalue weighted by molar-refractivity contribution is -0.145. The summed E-state index contributed by atoms with van der Waals surface area (Å²) in [7, 11) is 0. The van der Waals surface area contributed by atoms with E-state index in [0.717, 1.165) is 4.57 Å². The van der Waals surface area contributed by atoms with E-state index in [4.69, 9.17) is 0 Å². The third-order valence-corrected chi connectivity index (χ3v) is 2.91. The number of para-hydroxylation sites is 1. The number of nitrogens with zero attached hydrogens (tertiary/aromatic N) is 3. The molecular weight excluding hydrogens is 267 g/mol. The van der Waals surface area contributed by atoms with E-state index in [1.165, 1.54) is 0 Å². The number of rotatable bonds is 1. The van der Waals surface area contributed by atoms with E-state index >= 15 is 0 Å². The van der Waals surface area contributed by atoms with Gasteiger partial charge in [-0.2, -0.15) is 13.2 Å². The predicted molar refractivity (Wildman–Crippen MR) is 68.6 cm³/mol. The summed E-state index contributed by atoms with van der Waals surface area (Å²) in [6.45, 7) is 1.73. The topological polar surface area (TPSA) is 30.7 Å². The Morgan fingerprint density at radius 3 is 2.30 bits per heavy atom. The van der Waals surface area contributed by atoms with Crippen LogP contribution >= 0.6 is 0 Å². The number of aromatic nitrogens is 3. The van der Waals surface area contributed by atoms with Gasteiger partial charge >= 0.3 is 6.18 Å². The van der Waals surface area contributed by atoms with E-state index < -0.39 is 12.0 Å². The number of benzene rings is 1. The first kappa shape index (κ1) is 12.7. The van der Waals surface area contributed by atoms with Gasteiger partial charge in [-0.1, -0.05) is 18.2 Å². The second-order valence-corrected chi connectivity index (χ2v) is 4.40. The molecule has 0 radical (unpaired) electrons. The normalized spacial score (nSPS) is 12.0. The molecular formula is C14H10F3N3. The Labute approximate surface area is 112 Å². The molecule has 0 aliphatic rings. The van der Waals surface area contributed by atoms with E-state index in [9.17, 15) is 13.2 Å². The minimum absolute atomic E-state index is 0.212. The Bertz CT molecular complexity index is 760. The van der Waals surface area contributed by atoms with Crippen molar-refractivity contribution in [1.29, 1.82) is 0 Å². The summed E-state index contributed by atoms with van der Waals surface area (Å²) >= 11 is 0. The fourth-order valence-electron chi connectivity index (χ4n) is 2.06. The zero-order valence-corrected chi connectivity index (χ0v) is 10.5. The first-order chi connectivity index (χ1) is 9.47. The van der Waals surface area contributed by atoms with Gasteiger partial charge in [0.15, 0.2) is 5.65 Å². The van der Waals surface area contributed by atoms with Crippen LogP contribution in [-0.2, 0) is 6.18 Å². The number of fused-ring (bicyclic) bond motifs is 1. The van der Waals surface area contributed by atoms with Gasteiger partial charge in [0.2, 0.25) is 5.82 Å². The molecule has 0 N–H and O–H groups in total. The molecule has 3 aromatic rings. The van der Waals surface area contributed by atoms with Gasteiger partial charge in [0.05, 0.1) is 0 Å². The summed E-state index contributed by atoms with van der Waals surface area (Å²) in [6, 6.07) is 11.5. The molecule has 0 amide bonds. The zero-order valence-electron chi connectivity index (χ0n) is 10.5. The van der Waals surface area contributed by atoms with Crippen molar-refractivity contribution in [3.8, 4) is 5.69 Å². The second kappa shape index (κ2) is 4.33. The standard InChI is InChI=1S/C14H10F3N3/c1-9-7-8-11-12(18-9)20(10-5-3-2-4-6-10)13(19-11)14(15,16)17/h2-8H,1H3. The maximum absolute atomic E-state index is 13.2. The van der Waals surface area contributed by atoms with Crippen molar-refractivity contribution in [2.45, 2.75) is 13.1 Å². The molecule has 0 fully saturated rings. The summed E-state index contributed by atoms with van der Waals surface area (Å²) < 4.78 is 40.5. The molecule has 102 valence electrons. The number of aryl methyl sites for hydroxylation is 1. The number of alkyl halides is 3. The lowest BCUT2D eigenvalue weighted by Gasteiger charge is -2.10. The van der Waals surface area contributed by atoms with E-state index in [2.05, 4.69) is 9.97 Å². The second-order valence-electron chi connectivity index (χ2n) is 4.40. The molecule has 0 aliphatic heterocycles. The van der Waals surface area contributed by atoms with Gasteiger partial charge < -0.3 is 0 Å². The molecule has 0 aliphatic carbocycles. The highest BCUT2D eigenvalue weighted by Crippen LogP contribution is 2.33. The number of hydrogen-bond donors (Lipinski definition) is 0. The average molecular weight is 277 g/mol. The van der Waals surface area contributed by atoms with Crippen LogP contribution in [0.25, 0.3) is 16.9 Å². The van der Waals surface area contributed by atoms with E-state index in [-0.39, 0.29) is 11.2 Å². The van der Waals surface area contributed by atoms with Crippen LogP contribution in [0.1, 0.15) is 11.5 Å². The van der Waals surface area contributed by atoms with Gasteiger partial charge in [0.1, 0.15) is 5.52 Å². The minimum Gasteiger partial charge on any atom is -0.273 e. The van der Waals surface area contributed by atoms with Crippen LogP contribution in [0.3, 0.4) is 0 Å². The highest BCUT2D eigenvalue weighted by Gasteiger charge is 2.38. The fraction of sp³-hybridized carbons (Fsp3) is 0.143. The lowest BCUT2D eigenvalue weighted by atomic mass is 10.3. The van der Waals surface area contributed by atoms with E-state index in [1.807, 2.05) is 0 Å². The van der Waals surface area contributed by atoms with Crippen LogP contribution in [0, 0.1) is 6.92 Å². The number of halogens is 3. The molecule has 6 heteroatoms. The van der Waals surface area contributed by atoms with Crippen LogP contribution < -0.4 is 0 Å². The number of pyridine rings is 1. The molecule has 0 saturated carbocycles. The van der Waals surface area contributed by atoms with Crippen molar-refractivity contribution in [2.24, 2.45) is 0 Å². The van der Waals surface area contributed by atoms with Gasteiger partial charge in [-0.05, 0) is 31.2 Å². The molecule has 0 spiro atoms. The Morgan fingerprint density at radius 2 is 1.65 bits per heavy atom. The van der Waals surface area contributed by atoms with Gasteiger partial charge in [-0.3, -0.25) is 4.57 Å². The molecule has 2 heterocycles. The maximum Gasteiger partial charge on any atom is 0.450 e. The van der Waals surface area contributed by atoms with E-state index in [1.54, 1.807) is 49.4 Å². The van der Waals surface area contributed by atoms with Crippen LogP contribution in [0.5, 0.6) is 0 Å². The molecule has 0 bridgehead atoms. The molecule has 0 atom stereocenters. The molecule has 0 unspecified atom stereocenters. The van der Waals surface area contributed by atoms with Crippen LogP contribution in [-0.4, -0.2) is 14.5 Å². The van der Waals surface area contributed by atoms with Gasteiger partial charge in [-0.15, -0.1) is 0 Å². The maximum atomic E-state index is 13.2. The van der Waals surface area contributed by atoms with Crippen LogP contribution in [0.2, 0.25) is 0 Å². The average Bonchev–Trinajstić information content (AvgIpc) is 2.78. The summed E-state index contributed by atoms with van der Waals surface area (Å²) in [5, 5.41) is 0. The highest BCUT2D eigenvalue weighted by molar-refractivity contribution is 5.74. The summed E-state index contributed by atoms with van der Waals surface area (Å²) in [5.74, 6) is -0.961. The van der Waals surface area contributed by atoms with Crippen molar-refractivity contribution >= 4 is 11.2 Å². The smallest absolute Gasteiger partial charge is 0.273 e. The van der Waals surface area contributed by atoms with Gasteiger partial charge in [-0.25, -0.2) is 9.97 Å². The first-order valence-electron chi connectivity index (χ1n) is 5.95. The summed E-state index contributed by atoms with van der Waals surface area (Å²) in [5.41, 5.74) is 1.47. The first-order valence-corrected chi connectivity index (χ1v) is 5.95. The van der Waals surface area contributed by atoms with Crippen molar-refractivity contribution < 1.29 is 13.2 Å². The van der Waals surface area contributed by atoms with Crippen molar-refractivity contribution in [3.63, 3.8) is 0 Å². The van der Waals surface area contributed by atoms with Gasteiger partial charge in [0, 0.05) is 11.4 Å². The highest BCUT2D eigenvalue weighted by atomic mass is 19.4. The molecule has 0 saturated heterocycles. The van der Waals surface area contributed by atoms with Crippen LogP contribution in [0.4, 0.5) is 13.2 Å². The zero-order chi connectivity index (χ0) is 14.3. The van der Waals surface area contributed by atoms with Crippen molar-refractivity contribution in [3.05, 3.63) is 54.0 Å². The van der Waals surface area contributed by atoms with Crippen molar-refractivity contribution in [1.82, 2.24) is 14.5 Å². The van der Waals surface area contributed by atoms with E-state index in [0.29, 0.717) is 11.4 Å². The van der Waals surface area contributed by atoms with Crippen LogP contribution in [0.15, 0.2) is 42.5 Å². The third-order valence-electron chi connectivity index (χ3n) is 2.91. The largest absolute Gasteiger partial charge is 0.450 e. The SMILES string of the molecule is Cc1ccc2nc(C(F)(F)F)n(-c3ccccc3)c2n1. The Balaban J connectivity index is 2.40. The quantitative estimate of drug-likeness (QED) is 0.678. The summed E-state index contributed by atoms with van der Waals surface area (Å²) in [4.78, 5) is 7.86. The molecule has 3 nitrogen and oxygen atoms in total. The lowest BCUT2D eigenvalue weighted by Crippen LogP contribution is -2.14. The third kappa shape index (κ3) is 2.03. The molecule has 20 heavy (non-hydrogen) atoms. The Morgan fingerprint density at radius 1 is 0.950 bits per heavy atom. The molecule has 1 aromatic carbocycles. The minimum atomic E-state index is -4.54. The molecule has 3 rings (SSSR count). The Kier molecular flexibility index (Phi) is 2.74. The summed E-state index contributed by atoms with van der Waals surface area (Å²) in [6.07, 6.45) is -4.54. The Hall–Kier alpha value is -2.37. The monoisotopic (exact) mass is 277 g/mol.